The van der Waals surface area contributed by atoms with Gasteiger partial charge in [0.1, 0.15) is 0 Å². The third-order valence-corrected chi connectivity index (χ3v) is 3.73. The lowest BCUT2D eigenvalue weighted by atomic mass is 10.0. The second-order valence-corrected chi connectivity index (χ2v) is 5.48. The van der Waals surface area contributed by atoms with Crippen molar-refractivity contribution in [2.24, 2.45) is 0 Å². The standard InChI is InChI=1S/C18H26N2/c1-4-12-20(3)14-18(19-5-2)17-11-10-15-8-6-7-9-16(15)13-17/h6-11,13,18-19H,4-5,12,14H2,1-3H3. The lowest BCUT2D eigenvalue weighted by Gasteiger charge is -2.25. The van der Waals surface area contributed by atoms with E-state index >= 15 is 0 Å². The van der Waals surface area contributed by atoms with Gasteiger partial charge in [-0.2, -0.15) is 0 Å². The molecular weight excluding hydrogens is 244 g/mol. The van der Waals surface area contributed by atoms with Crippen LogP contribution < -0.4 is 5.32 Å². The lowest BCUT2D eigenvalue weighted by Crippen LogP contribution is -2.33. The molecule has 0 saturated carbocycles. The van der Waals surface area contributed by atoms with Crippen LogP contribution in [0.15, 0.2) is 42.5 Å². The first-order chi connectivity index (χ1) is 9.74. The van der Waals surface area contributed by atoms with Crippen LogP contribution in [0, 0.1) is 0 Å². The average Bonchev–Trinajstić information content (AvgIpc) is 2.46. The maximum Gasteiger partial charge on any atom is 0.0449 e. The van der Waals surface area contributed by atoms with Gasteiger partial charge >= 0.3 is 0 Å². The smallest absolute Gasteiger partial charge is 0.0449 e. The quantitative estimate of drug-likeness (QED) is 0.822. The van der Waals surface area contributed by atoms with Crippen LogP contribution in [0.1, 0.15) is 31.9 Å². The minimum atomic E-state index is 0.404. The molecule has 0 aliphatic carbocycles. The number of benzene rings is 2. The number of fused-ring (bicyclic) bond motifs is 1. The number of nitrogens with one attached hydrogen (secondary N) is 1. The molecular formula is C18H26N2. The maximum absolute atomic E-state index is 3.61. The van der Waals surface area contributed by atoms with E-state index in [9.17, 15) is 0 Å². The summed E-state index contributed by atoms with van der Waals surface area (Å²) >= 11 is 0. The SMILES string of the molecule is CCCN(C)CC(NCC)c1ccc2ccccc2c1. The highest BCUT2D eigenvalue weighted by Gasteiger charge is 2.13. The summed E-state index contributed by atoms with van der Waals surface area (Å²) in [6.45, 7) is 7.61. The van der Waals surface area contributed by atoms with E-state index in [1.54, 1.807) is 0 Å². The molecule has 0 aliphatic heterocycles. The molecule has 1 N–H and O–H groups in total. The van der Waals surface area contributed by atoms with Crippen LogP contribution >= 0.6 is 0 Å². The molecule has 0 bridgehead atoms. The third kappa shape index (κ3) is 3.81. The zero-order chi connectivity index (χ0) is 14.4. The zero-order valence-electron chi connectivity index (χ0n) is 12.9. The number of hydrogen-bond acceptors (Lipinski definition) is 2. The fraction of sp³-hybridized carbons (Fsp3) is 0.444. The van der Waals surface area contributed by atoms with Crippen LogP contribution in [0.4, 0.5) is 0 Å². The van der Waals surface area contributed by atoms with Gasteiger partial charge < -0.3 is 10.2 Å². The molecule has 0 aliphatic rings. The van der Waals surface area contributed by atoms with Gasteiger partial charge in [0.05, 0.1) is 0 Å². The molecule has 0 amide bonds. The molecule has 1 unspecified atom stereocenters. The molecule has 0 aromatic heterocycles. The monoisotopic (exact) mass is 270 g/mol. The Hall–Kier alpha value is -1.38. The fourth-order valence-corrected chi connectivity index (χ4v) is 2.74. The van der Waals surface area contributed by atoms with Gasteiger partial charge in [0.15, 0.2) is 0 Å². The highest BCUT2D eigenvalue weighted by atomic mass is 15.1. The summed E-state index contributed by atoms with van der Waals surface area (Å²) in [7, 11) is 2.20. The van der Waals surface area contributed by atoms with E-state index in [0.717, 1.165) is 19.6 Å². The summed E-state index contributed by atoms with van der Waals surface area (Å²) in [6, 6.07) is 15.8. The van der Waals surface area contributed by atoms with E-state index in [-0.39, 0.29) is 0 Å². The minimum absolute atomic E-state index is 0.404. The van der Waals surface area contributed by atoms with E-state index in [0.29, 0.717) is 6.04 Å². The van der Waals surface area contributed by atoms with Crippen LogP contribution in [0.5, 0.6) is 0 Å². The lowest BCUT2D eigenvalue weighted by molar-refractivity contribution is 0.292. The van der Waals surface area contributed by atoms with Gasteiger partial charge in [-0.25, -0.2) is 0 Å². The van der Waals surface area contributed by atoms with E-state index in [1.807, 2.05) is 0 Å². The predicted octanol–water partition coefficient (Wildman–Crippen LogP) is 3.83. The van der Waals surface area contributed by atoms with Crippen molar-refractivity contribution in [3.8, 4) is 0 Å². The van der Waals surface area contributed by atoms with Gasteiger partial charge in [0.25, 0.3) is 0 Å². The predicted molar refractivity (Wildman–Crippen MR) is 88.2 cm³/mol. The summed E-state index contributed by atoms with van der Waals surface area (Å²) < 4.78 is 0. The molecule has 0 radical (unpaired) electrons. The van der Waals surface area contributed by atoms with Gasteiger partial charge in [-0.1, -0.05) is 50.2 Å². The Morgan fingerprint density at radius 3 is 2.50 bits per heavy atom. The Balaban J connectivity index is 2.21. The molecule has 0 heterocycles. The van der Waals surface area contributed by atoms with Crippen molar-refractivity contribution in [1.29, 1.82) is 0 Å². The van der Waals surface area contributed by atoms with Gasteiger partial charge in [0.2, 0.25) is 0 Å². The van der Waals surface area contributed by atoms with Gasteiger partial charge in [0, 0.05) is 12.6 Å². The largest absolute Gasteiger partial charge is 0.309 e. The molecule has 2 aromatic carbocycles. The molecule has 1 atom stereocenters. The normalized spacial score (nSPS) is 13.0. The van der Waals surface area contributed by atoms with Gasteiger partial charge in [-0.3, -0.25) is 0 Å². The molecule has 0 fully saturated rings. The highest BCUT2D eigenvalue weighted by Crippen LogP contribution is 2.21. The molecule has 2 aromatic rings. The maximum atomic E-state index is 3.61. The second-order valence-electron chi connectivity index (χ2n) is 5.48. The van der Waals surface area contributed by atoms with Crippen LogP contribution in [0.25, 0.3) is 10.8 Å². The van der Waals surface area contributed by atoms with E-state index < -0.39 is 0 Å². The Bertz CT molecular complexity index is 536. The van der Waals surface area contributed by atoms with Crippen molar-refractivity contribution in [2.45, 2.75) is 26.3 Å². The molecule has 2 heteroatoms. The van der Waals surface area contributed by atoms with Crippen molar-refractivity contribution in [3.05, 3.63) is 48.0 Å². The Morgan fingerprint density at radius 2 is 1.80 bits per heavy atom. The Morgan fingerprint density at radius 1 is 1.05 bits per heavy atom. The van der Waals surface area contributed by atoms with Crippen molar-refractivity contribution >= 4 is 10.8 Å². The Labute approximate surface area is 122 Å². The first-order valence-corrected chi connectivity index (χ1v) is 7.65. The van der Waals surface area contributed by atoms with Crippen molar-refractivity contribution < 1.29 is 0 Å². The molecule has 0 saturated heterocycles. The van der Waals surface area contributed by atoms with Crippen LogP contribution in [-0.4, -0.2) is 31.6 Å². The minimum Gasteiger partial charge on any atom is -0.309 e. The Kier molecular flexibility index (Phi) is 5.57. The number of likely N-dealkylation sites (N-methyl/N-ethyl adjacent to an activating group) is 2. The number of nitrogens with zero attached hydrogens (tertiary/aromatic N) is 1. The fourth-order valence-electron chi connectivity index (χ4n) is 2.74. The van der Waals surface area contributed by atoms with E-state index in [1.165, 1.54) is 22.8 Å². The first-order valence-electron chi connectivity index (χ1n) is 7.65. The summed E-state index contributed by atoms with van der Waals surface area (Å²) in [6.07, 6.45) is 1.20. The highest BCUT2D eigenvalue weighted by molar-refractivity contribution is 5.83. The van der Waals surface area contributed by atoms with Gasteiger partial charge in [-0.05, 0) is 49.0 Å². The van der Waals surface area contributed by atoms with Crippen LogP contribution in [-0.2, 0) is 0 Å². The van der Waals surface area contributed by atoms with Crippen molar-refractivity contribution in [3.63, 3.8) is 0 Å². The summed E-state index contributed by atoms with van der Waals surface area (Å²) in [5.74, 6) is 0. The topological polar surface area (TPSA) is 15.3 Å². The summed E-state index contributed by atoms with van der Waals surface area (Å²) in [4.78, 5) is 2.41. The number of rotatable bonds is 7. The molecule has 2 rings (SSSR count). The number of hydrogen-bond donors (Lipinski definition) is 1. The first kappa shape index (κ1) is 15.0. The second kappa shape index (κ2) is 7.41. The van der Waals surface area contributed by atoms with Gasteiger partial charge in [-0.15, -0.1) is 0 Å². The van der Waals surface area contributed by atoms with Crippen LogP contribution in [0.2, 0.25) is 0 Å². The van der Waals surface area contributed by atoms with Crippen molar-refractivity contribution in [2.75, 3.05) is 26.7 Å². The van der Waals surface area contributed by atoms with E-state index in [2.05, 4.69) is 73.6 Å². The molecule has 108 valence electrons. The van der Waals surface area contributed by atoms with E-state index in [4.69, 9.17) is 0 Å². The third-order valence-electron chi connectivity index (χ3n) is 3.73. The summed E-state index contributed by atoms with van der Waals surface area (Å²) in [5, 5.41) is 6.25. The molecule has 0 spiro atoms. The van der Waals surface area contributed by atoms with Crippen LogP contribution in [0.3, 0.4) is 0 Å². The average molecular weight is 270 g/mol. The molecule has 20 heavy (non-hydrogen) atoms. The van der Waals surface area contributed by atoms with Crippen molar-refractivity contribution in [1.82, 2.24) is 10.2 Å². The molecule has 2 nitrogen and oxygen atoms in total. The zero-order valence-corrected chi connectivity index (χ0v) is 12.9. The summed E-state index contributed by atoms with van der Waals surface area (Å²) in [5.41, 5.74) is 1.38.